The molecule has 1 aromatic heterocycles. The fourth-order valence-corrected chi connectivity index (χ4v) is 3.51. The zero-order valence-corrected chi connectivity index (χ0v) is 10.8. The van der Waals surface area contributed by atoms with Crippen molar-refractivity contribution in [3.63, 3.8) is 0 Å². The van der Waals surface area contributed by atoms with Gasteiger partial charge in [0, 0.05) is 5.92 Å². The van der Waals surface area contributed by atoms with E-state index in [4.69, 9.17) is 11.6 Å². The van der Waals surface area contributed by atoms with E-state index in [2.05, 4.69) is 4.98 Å². The second-order valence-corrected chi connectivity index (χ2v) is 5.64. The Morgan fingerprint density at radius 2 is 1.88 bits per heavy atom. The summed E-state index contributed by atoms with van der Waals surface area (Å²) in [5, 5.41) is 10.8. The molecule has 1 atom stereocenters. The highest BCUT2D eigenvalue weighted by atomic mass is 35.5. The summed E-state index contributed by atoms with van der Waals surface area (Å²) in [6, 6.07) is 0. The van der Waals surface area contributed by atoms with Crippen molar-refractivity contribution in [3.05, 3.63) is 16.7 Å². The summed E-state index contributed by atoms with van der Waals surface area (Å²) in [7, 11) is 0. The number of aliphatic hydroxyl groups is 1. The zero-order valence-electron chi connectivity index (χ0n) is 10.0. The van der Waals surface area contributed by atoms with E-state index in [1.807, 2.05) is 4.57 Å². The molecule has 0 radical (unpaired) electrons. The first-order valence-electron chi connectivity index (χ1n) is 6.72. The van der Waals surface area contributed by atoms with Crippen LogP contribution in [-0.4, -0.2) is 14.7 Å². The van der Waals surface area contributed by atoms with Crippen LogP contribution in [0.5, 0.6) is 0 Å². The molecule has 2 heterocycles. The Kier molecular flexibility index (Phi) is 3.14. The van der Waals surface area contributed by atoms with Crippen LogP contribution in [0.4, 0.5) is 0 Å². The summed E-state index contributed by atoms with van der Waals surface area (Å²) in [5.41, 5.74) is 1.05. The molecule has 1 aliphatic carbocycles. The highest BCUT2D eigenvalue weighted by molar-refractivity contribution is 6.30. The average Bonchev–Trinajstić information content (AvgIpc) is 2.70. The minimum absolute atomic E-state index is 0.407. The molecule has 3 rings (SSSR count). The van der Waals surface area contributed by atoms with Crippen LogP contribution in [0, 0.1) is 0 Å². The van der Waals surface area contributed by atoms with Crippen LogP contribution >= 0.6 is 11.6 Å². The maximum atomic E-state index is 10.2. The molecule has 2 aliphatic rings. The molecular weight excluding hydrogens is 236 g/mol. The quantitative estimate of drug-likeness (QED) is 0.834. The maximum Gasteiger partial charge on any atom is 0.150 e. The van der Waals surface area contributed by atoms with E-state index in [1.165, 1.54) is 32.1 Å². The van der Waals surface area contributed by atoms with Crippen molar-refractivity contribution in [2.75, 3.05) is 0 Å². The van der Waals surface area contributed by atoms with E-state index in [1.54, 1.807) is 0 Å². The molecule has 0 aromatic carbocycles. The minimum Gasteiger partial charge on any atom is -0.373 e. The smallest absolute Gasteiger partial charge is 0.150 e. The van der Waals surface area contributed by atoms with E-state index < -0.39 is 6.23 Å². The van der Waals surface area contributed by atoms with Gasteiger partial charge >= 0.3 is 0 Å². The summed E-state index contributed by atoms with van der Waals surface area (Å²) in [6.07, 6.45) is 8.67. The van der Waals surface area contributed by atoms with Gasteiger partial charge < -0.3 is 9.67 Å². The first-order valence-corrected chi connectivity index (χ1v) is 7.09. The number of fused-ring (bicyclic) bond motifs is 1. The lowest BCUT2D eigenvalue weighted by atomic mass is 9.88. The molecule has 1 fully saturated rings. The molecule has 0 bridgehead atoms. The second kappa shape index (κ2) is 4.62. The Labute approximate surface area is 107 Å². The van der Waals surface area contributed by atoms with Gasteiger partial charge in [-0.1, -0.05) is 30.9 Å². The summed E-state index contributed by atoms with van der Waals surface area (Å²) >= 11 is 6.20. The average molecular weight is 255 g/mol. The fourth-order valence-electron chi connectivity index (χ4n) is 3.24. The SMILES string of the molecule is OC1CCCc2c(Cl)nc(C3CCCCC3)n21. The third-order valence-electron chi connectivity index (χ3n) is 4.13. The normalized spacial score (nSPS) is 25.9. The predicted octanol–water partition coefficient (Wildman–Crippen LogP) is 3.41. The van der Waals surface area contributed by atoms with Gasteiger partial charge in [-0.25, -0.2) is 4.98 Å². The number of rotatable bonds is 1. The Bertz CT molecular complexity index is 410. The van der Waals surface area contributed by atoms with Gasteiger partial charge in [-0.3, -0.25) is 0 Å². The molecule has 0 saturated heterocycles. The molecule has 0 amide bonds. The zero-order chi connectivity index (χ0) is 11.8. The lowest BCUT2D eigenvalue weighted by Gasteiger charge is -2.27. The number of nitrogens with zero attached hydrogens (tertiary/aromatic N) is 2. The molecule has 1 aliphatic heterocycles. The lowest BCUT2D eigenvalue weighted by molar-refractivity contribution is 0.0737. The molecule has 17 heavy (non-hydrogen) atoms. The molecular formula is C13H19ClN2O. The van der Waals surface area contributed by atoms with E-state index in [0.29, 0.717) is 11.1 Å². The Morgan fingerprint density at radius 3 is 2.65 bits per heavy atom. The van der Waals surface area contributed by atoms with Crippen LogP contribution in [0.25, 0.3) is 0 Å². The van der Waals surface area contributed by atoms with Crippen LogP contribution in [0.1, 0.15) is 68.6 Å². The molecule has 3 nitrogen and oxygen atoms in total. The van der Waals surface area contributed by atoms with Crippen molar-refractivity contribution in [3.8, 4) is 0 Å². The Hall–Kier alpha value is -0.540. The third-order valence-corrected chi connectivity index (χ3v) is 4.44. The van der Waals surface area contributed by atoms with Crippen molar-refractivity contribution < 1.29 is 5.11 Å². The van der Waals surface area contributed by atoms with Gasteiger partial charge in [0.2, 0.25) is 0 Å². The molecule has 1 N–H and O–H groups in total. The van der Waals surface area contributed by atoms with Gasteiger partial charge in [0.05, 0.1) is 5.69 Å². The molecule has 4 heteroatoms. The summed E-state index contributed by atoms with van der Waals surface area (Å²) in [4.78, 5) is 4.53. The molecule has 0 spiro atoms. The van der Waals surface area contributed by atoms with E-state index >= 15 is 0 Å². The number of hydrogen-bond acceptors (Lipinski definition) is 2. The fraction of sp³-hybridized carbons (Fsp3) is 0.769. The van der Waals surface area contributed by atoms with E-state index in [9.17, 15) is 5.11 Å². The number of aromatic nitrogens is 2. The van der Waals surface area contributed by atoms with Crippen molar-refractivity contribution in [2.45, 2.75) is 63.5 Å². The molecule has 94 valence electrons. The number of halogens is 1. The van der Waals surface area contributed by atoms with Gasteiger partial charge in [0.15, 0.2) is 5.15 Å². The van der Waals surface area contributed by atoms with Crippen LogP contribution in [0.15, 0.2) is 0 Å². The standard InChI is InChI=1S/C13H19ClN2O/c14-12-10-7-4-8-11(17)16(10)13(15-12)9-5-2-1-3-6-9/h9,11,17H,1-8H2. The van der Waals surface area contributed by atoms with Crippen molar-refractivity contribution >= 4 is 11.6 Å². The molecule has 1 aromatic rings. The van der Waals surface area contributed by atoms with Crippen LogP contribution in [-0.2, 0) is 6.42 Å². The van der Waals surface area contributed by atoms with Crippen molar-refractivity contribution in [2.24, 2.45) is 0 Å². The number of hydrogen-bond donors (Lipinski definition) is 1. The number of aliphatic hydroxyl groups excluding tert-OH is 1. The lowest BCUT2D eigenvalue weighted by Crippen LogP contribution is -2.21. The van der Waals surface area contributed by atoms with Crippen LogP contribution in [0.3, 0.4) is 0 Å². The van der Waals surface area contributed by atoms with Gasteiger partial charge in [0.1, 0.15) is 12.1 Å². The first-order chi connectivity index (χ1) is 8.27. The largest absolute Gasteiger partial charge is 0.373 e. The molecule has 1 saturated carbocycles. The van der Waals surface area contributed by atoms with Gasteiger partial charge in [-0.15, -0.1) is 0 Å². The topological polar surface area (TPSA) is 38.1 Å². The summed E-state index contributed by atoms with van der Waals surface area (Å²) < 4.78 is 2.02. The predicted molar refractivity (Wildman–Crippen MR) is 67.3 cm³/mol. The number of imidazole rings is 1. The summed E-state index contributed by atoms with van der Waals surface area (Å²) in [5.74, 6) is 1.54. The minimum atomic E-state index is -0.407. The van der Waals surface area contributed by atoms with Crippen molar-refractivity contribution in [1.82, 2.24) is 9.55 Å². The van der Waals surface area contributed by atoms with E-state index in [0.717, 1.165) is 30.8 Å². The van der Waals surface area contributed by atoms with E-state index in [-0.39, 0.29) is 0 Å². The highest BCUT2D eigenvalue weighted by Gasteiger charge is 2.29. The third kappa shape index (κ3) is 2.00. The summed E-state index contributed by atoms with van der Waals surface area (Å²) in [6.45, 7) is 0. The highest BCUT2D eigenvalue weighted by Crippen LogP contribution is 2.38. The second-order valence-electron chi connectivity index (χ2n) is 5.29. The van der Waals surface area contributed by atoms with Gasteiger partial charge in [-0.05, 0) is 32.1 Å². The van der Waals surface area contributed by atoms with Crippen LogP contribution < -0.4 is 0 Å². The maximum absolute atomic E-state index is 10.2. The van der Waals surface area contributed by atoms with Gasteiger partial charge in [0.25, 0.3) is 0 Å². The Morgan fingerprint density at radius 1 is 1.12 bits per heavy atom. The Balaban J connectivity index is 1.98. The first kappa shape index (κ1) is 11.5. The molecule has 1 unspecified atom stereocenters. The van der Waals surface area contributed by atoms with Crippen LogP contribution in [0.2, 0.25) is 5.15 Å². The monoisotopic (exact) mass is 254 g/mol. The van der Waals surface area contributed by atoms with Crippen molar-refractivity contribution in [1.29, 1.82) is 0 Å². The van der Waals surface area contributed by atoms with Gasteiger partial charge in [-0.2, -0.15) is 0 Å².